The Kier molecular flexibility index (Phi) is 5.72. The second kappa shape index (κ2) is 7.30. The Morgan fingerprint density at radius 2 is 1.84 bits per heavy atom. The van der Waals surface area contributed by atoms with Crippen LogP contribution in [-0.2, 0) is 9.59 Å². The van der Waals surface area contributed by atoms with E-state index < -0.39 is 23.3 Å². The molecule has 2 amide bonds. The van der Waals surface area contributed by atoms with Gasteiger partial charge in [-0.05, 0) is 12.1 Å². The Labute approximate surface area is 108 Å². The molecule has 5 nitrogen and oxygen atoms in total. The standard InChI is InChI=1S/C12H14F2N2O3/c13-8-2-1-3-9(14)12(8)19-7-6-16-11(18)5-4-10(15)17/h1-3H,4-7H2,(H2,15,17)(H,16,18). The molecule has 1 aromatic rings. The Bertz CT molecular complexity index is 446. The van der Waals surface area contributed by atoms with Crippen LogP contribution < -0.4 is 15.8 Å². The third-order valence-electron chi connectivity index (χ3n) is 2.19. The zero-order valence-corrected chi connectivity index (χ0v) is 10.1. The molecule has 0 aromatic heterocycles. The summed E-state index contributed by atoms with van der Waals surface area (Å²) in [7, 11) is 0. The van der Waals surface area contributed by atoms with E-state index in [9.17, 15) is 18.4 Å². The number of halogens is 2. The van der Waals surface area contributed by atoms with Crippen molar-refractivity contribution in [2.75, 3.05) is 13.2 Å². The number of rotatable bonds is 7. The Balaban J connectivity index is 2.27. The Morgan fingerprint density at radius 1 is 1.21 bits per heavy atom. The number of primary amides is 1. The van der Waals surface area contributed by atoms with Gasteiger partial charge < -0.3 is 15.8 Å². The van der Waals surface area contributed by atoms with E-state index in [2.05, 4.69) is 5.32 Å². The summed E-state index contributed by atoms with van der Waals surface area (Å²) in [5, 5.41) is 2.43. The van der Waals surface area contributed by atoms with Crippen molar-refractivity contribution in [2.45, 2.75) is 12.8 Å². The molecule has 7 heteroatoms. The third-order valence-corrected chi connectivity index (χ3v) is 2.19. The van der Waals surface area contributed by atoms with Gasteiger partial charge in [0.2, 0.25) is 11.8 Å². The molecule has 0 bridgehead atoms. The zero-order valence-electron chi connectivity index (χ0n) is 10.1. The number of amides is 2. The fourth-order valence-electron chi connectivity index (χ4n) is 1.29. The van der Waals surface area contributed by atoms with E-state index in [1.807, 2.05) is 0 Å². The molecule has 0 spiro atoms. The highest BCUT2D eigenvalue weighted by atomic mass is 19.1. The second-order valence-corrected chi connectivity index (χ2v) is 3.72. The number of hydrogen-bond acceptors (Lipinski definition) is 3. The molecule has 1 aromatic carbocycles. The van der Waals surface area contributed by atoms with Crippen molar-refractivity contribution in [2.24, 2.45) is 5.73 Å². The number of nitrogens with one attached hydrogen (secondary N) is 1. The van der Waals surface area contributed by atoms with Crippen LogP contribution in [0.3, 0.4) is 0 Å². The number of ether oxygens (including phenoxy) is 1. The van der Waals surface area contributed by atoms with Crippen molar-refractivity contribution in [3.05, 3.63) is 29.8 Å². The molecule has 104 valence electrons. The topological polar surface area (TPSA) is 81.4 Å². The maximum Gasteiger partial charge on any atom is 0.220 e. The highest BCUT2D eigenvalue weighted by Crippen LogP contribution is 2.20. The van der Waals surface area contributed by atoms with Gasteiger partial charge in [0, 0.05) is 12.8 Å². The molecule has 0 aliphatic carbocycles. The molecule has 0 fully saturated rings. The lowest BCUT2D eigenvalue weighted by Crippen LogP contribution is -2.29. The molecule has 3 N–H and O–H groups in total. The summed E-state index contributed by atoms with van der Waals surface area (Å²) in [6.45, 7) is -0.00840. The lowest BCUT2D eigenvalue weighted by molar-refractivity contribution is -0.125. The first-order chi connectivity index (χ1) is 9.00. The molecule has 0 aliphatic heterocycles. The van der Waals surface area contributed by atoms with Gasteiger partial charge in [0.25, 0.3) is 0 Å². The average Bonchev–Trinajstić information content (AvgIpc) is 2.35. The minimum Gasteiger partial charge on any atom is -0.486 e. The predicted molar refractivity (Wildman–Crippen MR) is 63.3 cm³/mol. The first-order valence-electron chi connectivity index (χ1n) is 5.62. The van der Waals surface area contributed by atoms with E-state index in [1.54, 1.807) is 0 Å². The lowest BCUT2D eigenvalue weighted by Gasteiger charge is -2.08. The van der Waals surface area contributed by atoms with Gasteiger partial charge in [0.1, 0.15) is 6.61 Å². The lowest BCUT2D eigenvalue weighted by atomic mass is 10.3. The summed E-state index contributed by atoms with van der Waals surface area (Å²) < 4.78 is 31.2. The van der Waals surface area contributed by atoms with Crippen LogP contribution in [0.15, 0.2) is 18.2 Å². The molecule has 0 aliphatic rings. The zero-order chi connectivity index (χ0) is 14.3. The quantitative estimate of drug-likeness (QED) is 0.718. The van der Waals surface area contributed by atoms with Crippen molar-refractivity contribution in [1.29, 1.82) is 0 Å². The average molecular weight is 272 g/mol. The van der Waals surface area contributed by atoms with Crippen LogP contribution in [0.1, 0.15) is 12.8 Å². The van der Waals surface area contributed by atoms with Crippen molar-refractivity contribution < 1.29 is 23.1 Å². The van der Waals surface area contributed by atoms with E-state index in [0.717, 1.165) is 12.1 Å². The minimum absolute atomic E-state index is 0.0244. The van der Waals surface area contributed by atoms with Crippen molar-refractivity contribution in [3.8, 4) is 5.75 Å². The number of carbonyl (C=O) groups is 2. The molecule has 0 atom stereocenters. The summed E-state index contributed by atoms with van der Waals surface area (Å²) in [6, 6.07) is 3.37. The van der Waals surface area contributed by atoms with Gasteiger partial charge in [-0.15, -0.1) is 0 Å². The van der Waals surface area contributed by atoms with Gasteiger partial charge in [-0.3, -0.25) is 9.59 Å². The Hall–Kier alpha value is -2.18. The highest BCUT2D eigenvalue weighted by molar-refractivity contribution is 5.82. The van der Waals surface area contributed by atoms with Crippen LogP contribution in [0.25, 0.3) is 0 Å². The molecule has 19 heavy (non-hydrogen) atoms. The normalized spacial score (nSPS) is 10.0. The molecule has 0 unspecified atom stereocenters. The van der Waals surface area contributed by atoms with Crippen LogP contribution >= 0.6 is 0 Å². The van der Waals surface area contributed by atoms with Crippen LogP contribution in [-0.4, -0.2) is 25.0 Å². The van der Waals surface area contributed by atoms with Gasteiger partial charge in [-0.2, -0.15) is 0 Å². The molecular formula is C12H14F2N2O3. The molecule has 0 saturated carbocycles. The first kappa shape index (κ1) is 14.9. The summed E-state index contributed by atoms with van der Waals surface area (Å²) in [5.74, 6) is -3.04. The van der Waals surface area contributed by atoms with Crippen molar-refractivity contribution >= 4 is 11.8 Å². The fourth-order valence-corrected chi connectivity index (χ4v) is 1.29. The highest BCUT2D eigenvalue weighted by Gasteiger charge is 2.09. The van der Waals surface area contributed by atoms with Crippen LogP contribution in [0.5, 0.6) is 5.75 Å². The number of carbonyl (C=O) groups excluding carboxylic acids is 2. The van der Waals surface area contributed by atoms with Gasteiger partial charge in [0.05, 0.1) is 6.54 Å². The molecule has 0 saturated heterocycles. The van der Waals surface area contributed by atoms with E-state index >= 15 is 0 Å². The molecule has 0 radical (unpaired) electrons. The largest absolute Gasteiger partial charge is 0.486 e. The SMILES string of the molecule is NC(=O)CCC(=O)NCCOc1c(F)cccc1F. The third kappa shape index (κ3) is 5.33. The summed E-state index contributed by atoms with van der Waals surface area (Å²) in [4.78, 5) is 21.6. The molecule has 0 heterocycles. The second-order valence-electron chi connectivity index (χ2n) is 3.72. The van der Waals surface area contributed by atoms with Crippen molar-refractivity contribution in [1.82, 2.24) is 5.32 Å². The van der Waals surface area contributed by atoms with E-state index in [4.69, 9.17) is 10.5 Å². The van der Waals surface area contributed by atoms with Gasteiger partial charge >= 0.3 is 0 Å². The fraction of sp³-hybridized carbons (Fsp3) is 0.333. The maximum atomic E-state index is 13.1. The molecular weight excluding hydrogens is 258 g/mol. The van der Waals surface area contributed by atoms with Crippen molar-refractivity contribution in [3.63, 3.8) is 0 Å². The van der Waals surface area contributed by atoms with E-state index in [1.165, 1.54) is 6.07 Å². The summed E-state index contributed by atoms with van der Waals surface area (Å²) >= 11 is 0. The maximum absolute atomic E-state index is 13.1. The van der Waals surface area contributed by atoms with E-state index in [-0.39, 0.29) is 31.9 Å². The van der Waals surface area contributed by atoms with Gasteiger partial charge in [-0.1, -0.05) is 6.07 Å². The number of benzene rings is 1. The predicted octanol–water partition coefficient (Wildman–Crippen LogP) is 0.725. The van der Waals surface area contributed by atoms with Crippen LogP contribution in [0, 0.1) is 11.6 Å². The monoisotopic (exact) mass is 272 g/mol. The Morgan fingerprint density at radius 3 is 2.42 bits per heavy atom. The van der Waals surface area contributed by atoms with Gasteiger partial charge in [-0.25, -0.2) is 8.78 Å². The molecule has 1 rings (SSSR count). The van der Waals surface area contributed by atoms with Crippen LogP contribution in [0.2, 0.25) is 0 Å². The first-order valence-corrected chi connectivity index (χ1v) is 5.62. The summed E-state index contributed by atoms with van der Waals surface area (Å²) in [6.07, 6.45) is -0.0714. The smallest absolute Gasteiger partial charge is 0.220 e. The van der Waals surface area contributed by atoms with Gasteiger partial charge in [0.15, 0.2) is 17.4 Å². The van der Waals surface area contributed by atoms with Crippen LogP contribution in [0.4, 0.5) is 8.78 Å². The summed E-state index contributed by atoms with van der Waals surface area (Å²) in [5.41, 5.74) is 4.88. The number of hydrogen-bond donors (Lipinski definition) is 2. The number of para-hydroxylation sites is 1. The number of nitrogens with two attached hydrogens (primary N) is 1. The minimum atomic E-state index is -0.806. The van der Waals surface area contributed by atoms with E-state index in [0.29, 0.717) is 0 Å².